The second-order valence-corrected chi connectivity index (χ2v) is 6.53. The Morgan fingerprint density at radius 2 is 1.78 bits per heavy atom. The van der Waals surface area contributed by atoms with Crippen molar-refractivity contribution >= 4 is 17.7 Å². The molecule has 0 bridgehead atoms. The molecule has 0 heterocycles. The van der Waals surface area contributed by atoms with Gasteiger partial charge in [0.1, 0.15) is 5.75 Å². The lowest BCUT2D eigenvalue weighted by Crippen LogP contribution is -2.25. The van der Waals surface area contributed by atoms with E-state index in [2.05, 4.69) is 0 Å². The minimum Gasteiger partial charge on any atom is -0.497 e. The summed E-state index contributed by atoms with van der Waals surface area (Å²) >= 11 is 1.77. The molecule has 1 amide bonds. The summed E-state index contributed by atoms with van der Waals surface area (Å²) in [5.74, 6) is 2.01. The Kier molecular flexibility index (Phi) is 7.01. The zero-order valence-corrected chi connectivity index (χ0v) is 14.5. The number of nitrogens with zero attached hydrogens (tertiary/aromatic N) is 1. The maximum absolute atomic E-state index is 12.1. The summed E-state index contributed by atoms with van der Waals surface area (Å²) in [7, 11) is 3.53. The molecule has 0 atom stereocenters. The molecule has 0 aliphatic rings. The van der Waals surface area contributed by atoms with Crippen LogP contribution in [0.2, 0.25) is 0 Å². The van der Waals surface area contributed by atoms with Crippen LogP contribution in [0.5, 0.6) is 5.75 Å². The van der Waals surface area contributed by atoms with E-state index < -0.39 is 0 Å². The Morgan fingerprint density at radius 1 is 1.09 bits per heavy atom. The fourth-order valence-corrected chi connectivity index (χ4v) is 3.07. The fourth-order valence-electron chi connectivity index (χ4n) is 2.22. The molecule has 0 saturated heterocycles. The van der Waals surface area contributed by atoms with Gasteiger partial charge in [-0.05, 0) is 42.0 Å². The number of thioether (sulfide) groups is 1. The van der Waals surface area contributed by atoms with Crippen LogP contribution in [0.3, 0.4) is 0 Å². The van der Waals surface area contributed by atoms with Gasteiger partial charge in [-0.1, -0.05) is 30.3 Å². The zero-order valence-electron chi connectivity index (χ0n) is 13.7. The van der Waals surface area contributed by atoms with Crippen molar-refractivity contribution in [2.45, 2.75) is 24.3 Å². The standard InChI is InChI=1S/C19H23NO2S/c1-20(15-16-7-4-3-5-8-16)19(21)9-6-14-23-18-12-10-17(22-2)11-13-18/h3-5,7-8,10-13H,6,9,14-15H2,1-2H3. The van der Waals surface area contributed by atoms with Gasteiger partial charge in [0.15, 0.2) is 0 Å². The first-order valence-corrected chi connectivity index (χ1v) is 8.72. The average molecular weight is 329 g/mol. The molecule has 0 N–H and O–H groups in total. The summed E-state index contributed by atoms with van der Waals surface area (Å²) < 4.78 is 5.14. The normalized spacial score (nSPS) is 10.3. The molecule has 0 saturated carbocycles. The number of carbonyl (C=O) groups is 1. The van der Waals surface area contributed by atoms with E-state index in [1.54, 1.807) is 23.8 Å². The van der Waals surface area contributed by atoms with Crippen LogP contribution in [0.4, 0.5) is 0 Å². The van der Waals surface area contributed by atoms with E-state index in [-0.39, 0.29) is 5.91 Å². The number of ether oxygens (including phenoxy) is 1. The minimum atomic E-state index is 0.198. The van der Waals surface area contributed by atoms with Crippen molar-refractivity contribution in [2.24, 2.45) is 0 Å². The predicted octanol–water partition coefficient (Wildman–Crippen LogP) is 4.23. The van der Waals surface area contributed by atoms with Crippen molar-refractivity contribution in [3.63, 3.8) is 0 Å². The van der Waals surface area contributed by atoms with Crippen molar-refractivity contribution in [2.75, 3.05) is 19.9 Å². The van der Waals surface area contributed by atoms with Crippen LogP contribution in [0.15, 0.2) is 59.5 Å². The molecule has 0 aromatic heterocycles. The molecular formula is C19H23NO2S. The van der Waals surface area contributed by atoms with Gasteiger partial charge in [0.05, 0.1) is 7.11 Å². The van der Waals surface area contributed by atoms with E-state index in [4.69, 9.17) is 4.74 Å². The second kappa shape index (κ2) is 9.26. The summed E-state index contributed by atoms with van der Waals surface area (Å²) in [6.45, 7) is 0.672. The van der Waals surface area contributed by atoms with Crippen LogP contribution < -0.4 is 4.74 Å². The highest BCUT2D eigenvalue weighted by atomic mass is 32.2. The van der Waals surface area contributed by atoms with Gasteiger partial charge in [0.25, 0.3) is 0 Å². The topological polar surface area (TPSA) is 29.5 Å². The minimum absolute atomic E-state index is 0.198. The molecule has 0 unspecified atom stereocenters. The Labute approximate surface area is 142 Å². The van der Waals surface area contributed by atoms with E-state index in [0.29, 0.717) is 13.0 Å². The third-order valence-electron chi connectivity index (χ3n) is 3.55. The first kappa shape index (κ1) is 17.4. The van der Waals surface area contributed by atoms with Gasteiger partial charge in [0.2, 0.25) is 5.91 Å². The Hall–Kier alpha value is -1.94. The molecule has 122 valence electrons. The highest BCUT2D eigenvalue weighted by Crippen LogP contribution is 2.22. The smallest absolute Gasteiger partial charge is 0.222 e. The van der Waals surface area contributed by atoms with Gasteiger partial charge >= 0.3 is 0 Å². The highest BCUT2D eigenvalue weighted by Gasteiger charge is 2.08. The first-order chi connectivity index (χ1) is 11.2. The lowest BCUT2D eigenvalue weighted by atomic mass is 10.2. The van der Waals surface area contributed by atoms with Gasteiger partial charge in [-0.25, -0.2) is 0 Å². The molecule has 23 heavy (non-hydrogen) atoms. The molecule has 3 nitrogen and oxygen atoms in total. The summed E-state index contributed by atoms with van der Waals surface area (Å²) in [5, 5.41) is 0. The molecule has 0 fully saturated rings. The summed E-state index contributed by atoms with van der Waals surface area (Å²) in [6.07, 6.45) is 1.47. The zero-order chi connectivity index (χ0) is 16.5. The van der Waals surface area contributed by atoms with Gasteiger partial charge < -0.3 is 9.64 Å². The molecule has 4 heteroatoms. The summed E-state index contributed by atoms with van der Waals surface area (Å²) in [5.41, 5.74) is 1.16. The maximum atomic E-state index is 12.1. The number of carbonyl (C=O) groups excluding carboxylic acids is 1. The highest BCUT2D eigenvalue weighted by molar-refractivity contribution is 7.99. The van der Waals surface area contributed by atoms with Crippen molar-refractivity contribution < 1.29 is 9.53 Å². The summed E-state index contributed by atoms with van der Waals surface area (Å²) in [6, 6.07) is 18.1. The molecular weight excluding hydrogens is 306 g/mol. The number of rotatable bonds is 8. The van der Waals surface area contributed by atoms with Crippen LogP contribution in [0.1, 0.15) is 18.4 Å². The first-order valence-electron chi connectivity index (χ1n) is 7.74. The number of hydrogen-bond donors (Lipinski definition) is 0. The quantitative estimate of drug-likeness (QED) is 0.536. The second-order valence-electron chi connectivity index (χ2n) is 5.36. The number of methoxy groups -OCH3 is 1. The molecule has 0 spiro atoms. The lowest BCUT2D eigenvalue weighted by Gasteiger charge is -2.17. The van der Waals surface area contributed by atoms with Crippen molar-refractivity contribution in [3.05, 3.63) is 60.2 Å². The third kappa shape index (κ3) is 5.99. The Bertz CT molecular complexity index is 599. The predicted molar refractivity (Wildman–Crippen MR) is 95.9 cm³/mol. The average Bonchev–Trinajstić information content (AvgIpc) is 2.60. The lowest BCUT2D eigenvalue weighted by molar-refractivity contribution is -0.130. The van der Waals surface area contributed by atoms with Gasteiger partial charge in [0, 0.05) is 24.9 Å². The van der Waals surface area contributed by atoms with Crippen LogP contribution in [0.25, 0.3) is 0 Å². The summed E-state index contributed by atoms with van der Waals surface area (Å²) in [4.78, 5) is 15.1. The molecule has 0 aliphatic heterocycles. The number of amides is 1. The van der Waals surface area contributed by atoms with Crippen LogP contribution >= 0.6 is 11.8 Å². The van der Waals surface area contributed by atoms with Gasteiger partial charge in [-0.15, -0.1) is 11.8 Å². The van der Waals surface area contributed by atoms with E-state index in [9.17, 15) is 4.79 Å². The number of benzene rings is 2. The van der Waals surface area contributed by atoms with Gasteiger partial charge in [-0.2, -0.15) is 0 Å². The largest absolute Gasteiger partial charge is 0.497 e. The molecule has 2 aromatic rings. The van der Waals surface area contributed by atoms with Gasteiger partial charge in [-0.3, -0.25) is 4.79 Å². The van der Waals surface area contributed by atoms with E-state index in [0.717, 1.165) is 23.5 Å². The SMILES string of the molecule is COc1ccc(SCCCC(=O)N(C)Cc2ccccc2)cc1. The van der Waals surface area contributed by atoms with Crippen LogP contribution in [0, 0.1) is 0 Å². The third-order valence-corrected chi connectivity index (χ3v) is 4.65. The van der Waals surface area contributed by atoms with Crippen molar-refractivity contribution in [1.29, 1.82) is 0 Å². The van der Waals surface area contributed by atoms with E-state index in [1.165, 1.54) is 4.90 Å². The Balaban J connectivity index is 1.67. The van der Waals surface area contributed by atoms with Crippen LogP contribution in [-0.2, 0) is 11.3 Å². The molecule has 0 aliphatic carbocycles. The fraction of sp³-hybridized carbons (Fsp3) is 0.316. The maximum Gasteiger partial charge on any atom is 0.222 e. The van der Waals surface area contributed by atoms with Crippen molar-refractivity contribution in [1.82, 2.24) is 4.90 Å². The van der Waals surface area contributed by atoms with E-state index in [1.807, 2.05) is 61.6 Å². The molecule has 0 radical (unpaired) electrons. The monoisotopic (exact) mass is 329 g/mol. The molecule has 2 aromatic carbocycles. The van der Waals surface area contributed by atoms with Crippen LogP contribution in [-0.4, -0.2) is 30.7 Å². The van der Waals surface area contributed by atoms with E-state index >= 15 is 0 Å². The number of hydrogen-bond acceptors (Lipinski definition) is 3. The molecule has 2 rings (SSSR count). The Morgan fingerprint density at radius 3 is 2.43 bits per heavy atom. The van der Waals surface area contributed by atoms with Crippen molar-refractivity contribution in [3.8, 4) is 5.75 Å².